The summed E-state index contributed by atoms with van der Waals surface area (Å²) in [6, 6.07) is 16.6. The summed E-state index contributed by atoms with van der Waals surface area (Å²) >= 11 is 0. The Morgan fingerprint density at radius 3 is 2.03 bits per heavy atom. The maximum atomic E-state index is 10.2. The molecule has 2 rings (SSSR count). The Morgan fingerprint density at radius 2 is 1.46 bits per heavy atom. The van der Waals surface area contributed by atoms with Crippen LogP contribution in [0.1, 0.15) is 103 Å². The molecule has 0 aliphatic heterocycles. The van der Waals surface area contributed by atoms with Gasteiger partial charge in [-0.05, 0) is 79.8 Å². The fourth-order valence-corrected chi connectivity index (χ4v) is 4.11. The lowest BCUT2D eigenvalue weighted by Crippen LogP contribution is -2.22. The molecule has 0 atom stereocenters. The molecule has 2 aromatic carbocycles. The minimum atomic E-state index is -0.673. The van der Waals surface area contributed by atoms with E-state index in [-0.39, 0.29) is 0 Å². The summed E-state index contributed by atoms with van der Waals surface area (Å²) in [6.07, 6.45) is 17.0. The second-order valence-corrected chi connectivity index (χ2v) is 9.69. The van der Waals surface area contributed by atoms with Gasteiger partial charge in [-0.1, -0.05) is 115 Å². The average molecular weight is 539 g/mol. The van der Waals surface area contributed by atoms with Gasteiger partial charge in [-0.2, -0.15) is 0 Å². The first-order valence-corrected chi connectivity index (χ1v) is 15.2. The minimum Gasteiger partial charge on any atom is -0.492 e. The van der Waals surface area contributed by atoms with E-state index >= 15 is 0 Å². The van der Waals surface area contributed by atoms with E-state index in [1.807, 2.05) is 52.0 Å². The Morgan fingerprint density at radius 1 is 0.846 bits per heavy atom. The van der Waals surface area contributed by atoms with Gasteiger partial charge in [0, 0.05) is 6.54 Å². The van der Waals surface area contributed by atoms with Gasteiger partial charge in [-0.15, -0.1) is 0 Å². The molecule has 0 saturated carbocycles. The number of benzene rings is 2. The topological polar surface area (TPSA) is 81.5 Å². The van der Waals surface area contributed by atoms with Gasteiger partial charge in [0.2, 0.25) is 0 Å². The maximum absolute atomic E-state index is 10.2. The first-order valence-electron chi connectivity index (χ1n) is 15.2. The summed E-state index contributed by atoms with van der Waals surface area (Å²) in [5.74, 6) is 1.60. The number of hydrogen-bond acceptors (Lipinski definition) is 4. The molecule has 0 spiro atoms. The first kappa shape index (κ1) is 36.6. The number of hydrogen-bond donors (Lipinski definition) is 3. The maximum Gasteiger partial charge on any atom is 0.119 e. The molecular formula is C35H58N2O2. The largest absolute Gasteiger partial charge is 0.492 e. The van der Waals surface area contributed by atoms with Crippen LogP contribution in [0.3, 0.4) is 0 Å². The number of allylic oxidation sites excluding steroid dienone is 1. The predicted molar refractivity (Wildman–Crippen MR) is 173 cm³/mol. The molecule has 39 heavy (non-hydrogen) atoms. The van der Waals surface area contributed by atoms with Crippen molar-refractivity contribution >= 4 is 12.2 Å². The van der Waals surface area contributed by atoms with E-state index in [2.05, 4.69) is 62.4 Å². The Hall–Kier alpha value is -2.40. The summed E-state index contributed by atoms with van der Waals surface area (Å²) in [5.41, 5.74) is 13.9. The molecule has 0 aromatic heterocycles. The van der Waals surface area contributed by atoms with E-state index in [0.29, 0.717) is 19.1 Å². The van der Waals surface area contributed by atoms with Crippen LogP contribution in [0.2, 0.25) is 0 Å². The third-order valence-corrected chi connectivity index (χ3v) is 6.56. The lowest BCUT2D eigenvalue weighted by Gasteiger charge is -2.20. The van der Waals surface area contributed by atoms with Gasteiger partial charge in [0.25, 0.3) is 0 Å². The van der Waals surface area contributed by atoms with Crippen LogP contribution in [-0.2, 0) is 6.42 Å². The van der Waals surface area contributed by atoms with E-state index < -0.39 is 5.60 Å². The Kier molecular flexibility index (Phi) is 22.0. The van der Waals surface area contributed by atoms with E-state index in [0.717, 1.165) is 43.5 Å². The molecule has 2 aromatic rings. The van der Waals surface area contributed by atoms with Crippen molar-refractivity contribution in [2.45, 2.75) is 98.5 Å². The molecule has 0 aliphatic carbocycles. The molecule has 5 N–H and O–H groups in total. The van der Waals surface area contributed by atoms with Crippen molar-refractivity contribution in [3.8, 4) is 5.75 Å². The fraction of sp³-hybridized carbons (Fsp3) is 0.543. The van der Waals surface area contributed by atoms with Gasteiger partial charge in [0.05, 0.1) is 5.60 Å². The van der Waals surface area contributed by atoms with Crippen LogP contribution in [0.4, 0.5) is 0 Å². The van der Waals surface area contributed by atoms with Crippen molar-refractivity contribution in [3.63, 3.8) is 0 Å². The molecule has 0 heterocycles. The van der Waals surface area contributed by atoms with Gasteiger partial charge in [0.1, 0.15) is 12.4 Å². The summed E-state index contributed by atoms with van der Waals surface area (Å²) in [5, 5.41) is 10.2. The highest BCUT2D eigenvalue weighted by molar-refractivity contribution is 5.52. The highest BCUT2D eigenvalue weighted by Gasteiger charge is 2.17. The van der Waals surface area contributed by atoms with Crippen molar-refractivity contribution in [2.75, 3.05) is 19.7 Å². The number of aliphatic hydroxyl groups is 1. The van der Waals surface area contributed by atoms with Crippen LogP contribution >= 0.6 is 0 Å². The van der Waals surface area contributed by atoms with Crippen molar-refractivity contribution < 1.29 is 9.84 Å². The fourth-order valence-electron chi connectivity index (χ4n) is 4.11. The van der Waals surface area contributed by atoms with Crippen LogP contribution in [0.15, 0.2) is 60.7 Å². The Balaban J connectivity index is 0.000000697. The lowest BCUT2D eigenvalue weighted by molar-refractivity contribution is 0.0836. The first-order chi connectivity index (χ1) is 18.9. The molecule has 0 unspecified atom stereocenters. The molecule has 0 aliphatic rings. The third-order valence-electron chi connectivity index (χ3n) is 6.56. The van der Waals surface area contributed by atoms with Gasteiger partial charge in [-0.25, -0.2) is 0 Å². The number of ether oxygens (including phenoxy) is 1. The van der Waals surface area contributed by atoms with E-state index in [1.165, 1.54) is 36.8 Å². The van der Waals surface area contributed by atoms with Crippen molar-refractivity contribution in [1.82, 2.24) is 0 Å². The van der Waals surface area contributed by atoms with Crippen molar-refractivity contribution in [1.29, 1.82) is 0 Å². The lowest BCUT2D eigenvalue weighted by atomic mass is 9.95. The van der Waals surface area contributed by atoms with Crippen LogP contribution in [-0.4, -0.2) is 30.4 Å². The van der Waals surface area contributed by atoms with Gasteiger partial charge < -0.3 is 21.3 Å². The molecule has 0 amide bonds. The minimum absolute atomic E-state index is 0.551. The molecular weight excluding hydrogens is 480 g/mol. The average Bonchev–Trinajstić information content (AvgIpc) is 2.98. The summed E-state index contributed by atoms with van der Waals surface area (Å²) in [4.78, 5) is 0. The van der Waals surface area contributed by atoms with Crippen LogP contribution in [0.5, 0.6) is 5.75 Å². The molecule has 0 radical (unpaired) electrons. The standard InChI is InChI=1S/C17H27NO.C16H25NO.C2H6/c1-3-6-15(7-4-2)10-11-16-8-5-9-17(14-16)19-13-12-18;1-3-16(18,4-2)11-10-15-8-5-7-14(13-15)9-6-12-17;1-2/h5,8-11,14-15H,3-4,6-7,12-13,18H2,1-2H3;5,7-8,10-11,13,18H,3-4,6,9,12,17H2,1-2H3;1-2H3/b2*11-10+;. The van der Waals surface area contributed by atoms with Crippen LogP contribution in [0.25, 0.3) is 12.2 Å². The second-order valence-electron chi connectivity index (χ2n) is 9.69. The Labute approximate surface area is 240 Å². The molecule has 220 valence electrons. The highest BCUT2D eigenvalue weighted by Crippen LogP contribution is 2.20. The van der Waals surface area contributed by atoms with Crippen LogP contribution in [0, 0.1) is 5.92 Å². The van der Waals surface area contributed by atoms with Gasteiger partial charge in [0.15, 0.2) is 0 Å². The second kappa shape index (κ2) is 23.5. The zero-order valence-electron chi connectivity index (χ0n) is 25.8. The van der Waals surface area contributed by atoms with Crippen molar-refractivity contribution in [2.24, 2.45) is 17.4 Å². The monoisotopic (exact) mass is 538 g/mol. The Bertz CT molecular complexity index is 897. The normalized spacial score (nSPS) is 11.3. The zero-order valence-corrected chi connectivity index (χ0v) is 25.8. The summed E-state index contributed by atoms with van der Waals surface area (Å²) in [6.45, 7) is 14.4. The molecule has 0 bridgehead atoms. The van der Waals surface area contributed by atoms with Gasteiger partial charge >= 0.3 is 0 Å². The quantitative estimate of drug-likeness (QED) is 0.200. The predicted octanol–water partition coefficient (Wildman–Crippen LogP) is 8.42. The molecule has 4 heteroatoms. The smallest absolute Gasteiger partial charge is 0.119 e. The summed E-state index contributed by atoms with van der Waals surface area (Å²) < 4.78 is 5.54. The number of rotatable bonds is 16. The highest BCUT2D eigenvalue weighted by atomic mass is 16.5. The molecule has 4 nitrogen and oxygen atoms in total. The van der Waals surface area contributed by atoms with Crippen LogP contribution < -0.4 is 16.2 Å². The number of aryl methyl sites for hydroxylation is 1. The van der Waals surface area contributed by atoms with E-state index in [1.54, 1.807) is 0 Å². The van der Waals surface area contributed by atoms with Gasteiger partial charge in [-0.3, -0.25) is 0 Å². The van der Waals surface area contributed by atoms with E-state index in [4.69, 9.17) is 16.2 Å². The molecule has 0 saturated heterocycles. The van der Waals surface area contributed by atoms with E-state index in [9.17, 15) is 5.11 Å². The third kappa shape index (κ3) is 17.0. The summed E-state index contributed by atoms with van der Waals surface area (Å²) in [7, 11) is 0. The zero-order chi connectivity index (χ0) is 29.4. The van der Waals surface area contributed by atoms with Crippen molar-refractivity contribution in [3.05, 3.63) is 77.4 Å². The number of nitrogens with two attached hydrogens (primary N) is 2. The molecule has 0 fully saturated rings. The SMILES string of the molecule is CC.CCC(O)(/C=C/c1cccc(CCCN)c1)CC.CCCC(/C=C/c1cccc(OCCN)c1)CCC.